The van der Waals surface area contributed by atoms with Gasteiger partial charge < -0.3 is 30.2 Å². The molecule has 22 heavy (non-hydrogen) atoms. The third kappa shape index (κ3) is 4.33. The molecule has 1 fully saturated rings. The van der Waals surface area contributed by atoms with Gasteiger partial charge in [0.2, 0.25) is 0 Å². The molecule has 0 aromatic heterocycles. The van der Waals surface area contributed by atoms with E-state index in [0.29, 0.717) is 12.2 Å². The SMILES string of the molecule is CC1(C)OC[C@@H](COC(=O)[C@@H](N)Cc2ccc(O)c(O)c2)O1. The van der Waals surface area contributed by atoms with Gasteiger partial charge in [0.1, 0.15) is 18.8 Å². The standard InChI is InChI=1S/C15H21NO6/c1-15(2)21-8-10(22-15)7-20-14(19)11(16)5-9-3-4-12(17)13(18)6-9/h3-4,6,10-11,17-18H,5,7-8,16H2,1-2H3/t10-,11+/m1/s1. The maximum atomic E-state index is 11.9. The zero-order valence-corrected chi connectivity index (χ0v) is 12.6. The minimum absolute atomic E-state index is 0.0801. The molecule has 0 radical (unpaired) electrons. The summed E-state index contributed by atoms with van der Waals surface area (Å²) in [6.07, 6.45) is -0.107. The summed E-state index contributed by atoms with van der Waals surface area (Å²) in [6, 6.07) is 3.42. The second kappa shape index (κ2) is 6.51. The minimum atomic E-state index is -0.862. The van der Waals surface area contributed by atoms with Crippen molar-refractivity contribution in [3.8, 4) is 11.5 Å². The van der Waals surface area contributed by atoms with Gasteiger partial charge in [-0.2, -0.15) is 0 Å². The van der Waals surface area contributed by atoms with Crippen LogP contribution in [0.1, 0.15) is 19.4 Å². The van der Waals surface area contributed by atoms with E-state index in [-0.39, 0.29) is 30.6 Å². The van der Waals surface area contributed by atoms with Crippen LogP contribution in [0.3, 0.4) is 0 Å². The number of carbonyl (C=O) groups excluding carboxylic acids is 1. The third-order valence-electron chi connectivity index (χ3n) is 3.28. The van der Waals surface area contributed by atoms with Crippen LogP contribution >= 0.6 is 0 Å². The first-order chi connectivity index (χ1) is 10.3. The van der Waals surface area contributed by atoms with E-state index in [9.17, 15) is 15.0 Å². The van der Waals surface area contributed by atoms with Crippen molar-refractivity contribution in [2.24, 2.45) is 5.73 Å². The van der Waals surface area contributed by atoms with E-state index in [4.69, 9.17) is 19.9 Å². The Morgan fingerprint density at radius 2 is 2.18 bits per heavy atom. The lowest BCUT2D eigenvalue weighted by Gasteiger charge is -2.17. The Balaban J connectivity index is 1.81. The van der Waals surface area contributed by atoms with Gasteiger partial charge in [-0.25, -0.2) is 0 Å². The lowest BCUT2D eigenvalue weighted by molar-refractivity contribution is -0.159. The van der Waals surface area contributed by atoms with Gasteiger partial charge in [-0.15, -0.1) is 0 Å². The molecular weight excluding hydrogens is 290 g/mol. The molecule has 0 bridgehead atoms. The molecule has 1 aromatic rings. The van der Waals surface area contributed by atoms with Crippen molar-refractivity contribution in [1.82, 2.24) is 0 Å². The van der Waals surface area contributed by atoms with Crippen molar-refractivity contribution in [2.75, 3.05) is 13.2 Å². The van der Waals surface area contributed by atoms with Crippen molar-refractivity contribution in [3.05, 3.63) is 23.8 Å². The summed E-state index contributed by atoms with van der Waals surface area (Å²) in [5.41, 5.74) is 6.41. The lowest BCUT2D eigenvalue weighted by Crippen LogP contribution is -2.36. The van der Waals surface area contributed by atoms with Crippen LogP contribution in [-0.4, -0.2) is 47.3 Å². The van der Waals surface area contributed by atoms with E-state index >= 15 is 0 Å². The van der Waals surface area contributed by atoms with Gasteiger partial charge in [0.05, 0.1) is 6.61 Å². The normalized spacial score (nSPS) is 21.5. The summed E-state index contributed by atoms with van der Waals surface area (Å²) < 4.78 is 16.0. The van der Waals surface area contributed by atoms with Gasteiger partial charge in [-0.1, -0.05) is 6.07 Å². The number of carbonyl (C=O) groups is 1. The zero-order valence-electron chi connectivity index (χ0n) is 12.6. The molecule has 0 aliphatic carbocycles. The quantitative estimate of drug-likeness (QED) is 0.541. The maximum absolute atomic E-state index is 11.9. The number of rotatable bonds is 5. The van der Waals surface area contributed by atoms with E-state index in [1.807, 2.05) is 0 Å². The number of esters is 1. The molecule has 1 saturated heterocycles. The maximum Gasteiger partial charge on any atom is 0.323 e. The summed E-state index contributed by atoms with van der Waals surface area (Å²) in [7, 11) is 0. The van der Waals surface area contributed by atoms with Gasteiger partial charge in [0.25, 0.3) is 0 Å². The molecule has 1 heterocycles. The molecule has 122 valence electrons. The largest absolute Gasteiger partial charge is 0.504 e. The molecule has 2 rings (SSSR count). The average molecular weight is 311 g/mol. The van der Waals surface area contributed by atoms with E-state index in [0.717, 1.165) is 0 Å². The topological polar surface area (TPSA) is 111 Å². The molecule has 7 heteroatoms. The van der Waals surface area contributed by atoms with Crippen molar-refractivity contribution in [3.63, 3.8) is 0 Å². The minimum Gasteiger partial charge on any atom is -0.504 e. The predicted molar refractivity (Wildman–Crippen MR) is 77.3 cm³/mol. The Bertz CT molecular complexity index is 545. The van der Waals surface area contributed by atoms with Crippen LogP contribution in [0.25, 0.3) is 0 Å². The Morgan fingerprint density at radius 3 is 2.77 bits per heavy atom. The monoisotopic (exact) mass is 311 g/mol. The first kappa shape index (κ1) is 16.5. The van der Waals surface area contributed by atoms with Gasteiger partial charge >= 0.3 is 5.97 Å². The number of phenolic OH excluding ortho intramolecular Hbond substituents is 2. The highest BCUT2D eigenvalue weighted by Gasteiger charge is 2.33. The smallest absolute Gasteiger partial charge is 0.323 e. The Morgan fingerprint density at radius 1 is 1.45 bits per heavy atom. The number of phenols is 2. The Labute approximate surface area is 128 Å². The summed E-state index contributed by atoms with van der Waals surface area (Å²) in [6.45, 7) is 4.02. The first-order valence-corrected chi connectivity index (χ1v) is 7.02. The fraction of sp³-hybridized carbons (Fsp3) is 0.533. The summed E-state index contributed by atoms with van der Waals surface area (Å²) >= 11 is 0. The average Bonchev–Trinajstić information content (AvgIpc) is 2.79. The first-order valence-electron chi connectivity index (χ1n) is 7.02. The molecule has 7 nitrogen and oxygen atoms in total. The number of ether oxygens (including phenoxy) is 3. The van der Waals surface area contributed by atoms with E-state index in [1.165, 1.54) is 12.1 Å². The summed E-state index contributed by atoms with van der Waals surface area (Å²) in [5, 5.41) is 18.6. The van der Waals surface area contributed by atoms with Crippen molar-refractivity contribution >= 4 is 5.97 Å². The molecular formula is C15H21NO6. The second-order valence-corrected chi connectivity index (χ2v) is 5.71. The van der Waals surface area contributed by atoms with Crippen LogP contribution in [0.4, 0.5) is 0 Å². The number of hydrogen-bond donors (Lipinski definition) is 3. The molecule has 0 spiro atoms. The highest BCUT2D eigenvalue weighted by atomic mass is 16.7. The Kier molecular flexibility index (Phi) is 4.90. The van der Waals surface area contributed by atoms with Crippen molar-refractivity contribution in [2.45, 2.75) is 38.2 Å². The fourth-order valence-electron chi connectivity index (χ4n) is 2.16. The van der Waals surface area contributed by atoms with Gasteiger partial charge in [0.15, 0.2) is 17.3 Å². The second-order valence-electron chi connectivity index (χ2n) is 5.71. The van der Waals surface area contributed by atoms with E-state index in [1.54, 1.807) is 19.9 Å². The summed E-state index contributed by atoms with van der Waals surface area (Å²) in [5.74, 6) is -1.69. The number of nitrogens with two attached hydrogens (primary N) is 1. The molecule has 0 saturated carbocycles. The number of aromatic hydroxyl groups is 2. The lowest BCUT2D eigenvalue weighted by atomic mass is 10.1. The van der Waals surface area contributed by atoms with Gasteiger partial charge in [-0.3, -0.25) is 4.79 Å². The number of hydrogen-bond acceptors (Lipinski definition) is 7. The van der Waals surface area contributed by atoms with Crippen molar-refractivity contribution < 1.29 is 29.2 Å². The van der Waals surface area contributed by atoms with Crippen LogP contribution in [0, 0.1) is 0 Å². The third-order valence-corrected chi connectivity index (χ3v) is 3.28. The van der Waals surface area contributed by atoms with Crippen molar-refractivity contribution in [1.29, 1.82) is 0 Å². The molecule has 2 atom stereocenters. The summed E-state index contributed by atoms with van der Waals surface area (Å²) in [4.78, 5) is 11.9. The highest BCUT2D eigenvalue weighted by Crippen LogP contribution is 2.25. The van der Waals surface area contributed by atoms with Crippen LogP contribution in [0.2, 0.25) is 0 Å². The Hall–Kier alpha value is -1.83. The zero-order chi connectivity index (χ0) is 16.3. The van der Waals surface area contributed by atoms with E-state index in [2.05, 4.69) is 0 Å². The van der Waals surface area contributed by atoms with Crippen LogP contribution in [0.5, 0.6) is 11.5 Å². The molecule has 1 aromatic carbocycles. The van der Waals surface area contributed by atoms with E-state index < -0.39 is 17.8 Å². The molecule has 1 aliphatic heterocycles. The van der Waals surface area contributed by atoms with Gasteiger partial charge in [0, 0.05) is 0 Å². The molecule has 4 N–H and O–H groups in total. The highest BCUT2D eigenvalue weighted by molar-refractivity contribution is 5.76. The van der Waals surface area contributed by atoms with Crippen LogP contribution in [0.15, 0.2) is 18.2 Å². The van der Waals surface area contributed by atoms with Gasteiger partial charge in [-0.05, 0) is 38.0 Å². The van der Waals surface area contributed by atoms with Crippen LogP contribution in [-0.2, 0) is 25.4 Å². The molecule has 0 amide bonds. The number of benzene rings is 1. The fourth-order valence-corrected chi connectivity index (χ4v) is 2.16. The predicted octanol–water partition coefficient (Wildman–Crippen LogP) is 0.662. The molecule has 1 aliphatic rings. The molecule has 0 unspecified atom stereocenters. The van der Waals surface area contributed by atoms with Crippen LogP contribution < -0.4 is 5.73 Å².